The molecule has 4 N–H and O–H groups in total. The second-order valence-corrected chi connectivity index (χ2v) is 4.23. The topological polar surface area (TPSA) is 75.9 Å². The van der Waals surface area contributed by atoms with Crippen molar-refractivity contribution in [3.05, 3.63) is 11.8 Å². The van der Waals surface area contributed by atoms with E-state index in [2.05, 4.69) is 41.5 Å². The van der Waals surface area contributed by atoms with Crippen LogP contribution in [-0.4, -0.2) is 15.5 Å². The van der Waals surface area contributed by atoms with E-state index in [0.717, 1.165) is 17.8 Å². The van der Waals surface area contributed by atoms with Crippen molar-refractivity contribution >= 4 is 11.8 Å². The molecule has 0 saturated heterocycles. The third-order valence-corrected chi connectivity index (χ3v) is 2.44. The number of nitrogen functional groups attached to an aromatic ring is 1. The number of aromatic nitrogens is 2. The van der Waals surface area contributed by atoms with Crippen LogP contribution >= 0.6 is 0 Å². The van der Waals surface area contributed by atoms with Gasteiger partial charge in [-0.15, -0.1) is 0 Å². The lowest BCUT2D eigenvalue weighted by molar-refractivity contribution is 0.544. The number of nitrogens with two attached hydrogens (primary N) is 1. The molecule has 0 amide bonds. The van der Waals surface area contributed by atoms with Crippen LogP contribution in [0.15, 0.2) is 6.20 Å². The van der Waals surface area contributed by atoms with Gasteiger partial charge in [0.05, 0.1) is 0 Å². The summed E-state index contributed by atoms with van der Waals surface area (Å²) in [7, 11) is 0. The van der Waals surface area contributed by atoms with Crippen LogP contribution < -0.4 is 16.6 Å². The first kappa shape index (κ1) is 11.7. The Morgan fingerprint density at radius 2 is 2.13 bits per heavy atom. The minimum atomic E-state index is 0.0188. The van der Waals surface area contributed by atoms with E-state index in [9.17, 15) is 0 Å². The molecule has 1 aromatic heterocycles. The molecule has 0 aromatic carbocycles. The lowest BCUT2D eigenvalue weighted by atomic mass is 10.0. The Hall–Kier alpha value is -1.36. The van der Waals surface area contributed by atoms with Crippen LogP contribution in [0.2, 0.25) is 0 Å². The summed E-state index contributed by atoms with van der Waals surface area (Å²) in [5.74, 6) is 6.51. The third kappa shape index (κ3) is 3.06. The maximum Gasteiger partial charge on any atom is 0.239 e. The average molecular weight is 209 g/mol. The zero-order valence-electron chi connectivity index (χ0n) is 9.76. The molecule has 84 valence electrons. The van der Waals surface area contributed by atoms with Crippen LogP contribution in [0.4, 0.5) is 11.8 Å². The number of rotatable bonds is 4. The van der Waals surface area contributed by atoms with Crippen molar-refractivity contribution in [3.8, 4) is 0 Å². The maximum atomic E-state index is 5.26. The van der Waals surface area contributed by atoms with Gasteiger partial charge in [0.1, 0.15) is 5.82 Å². The summed E-state index contributed by atoms with van der Waals surface area (Å²) in [5, 5.41) is 3.36. The largest absolute Gasteiger partial charge is 0.365 e. The second-order valence-electron chi connectivity index (χ2n) is 4.23. The SMILES string of the molecule is CCC(C)(C)Nc1nc(NN)ncc1C. The van der Waals surface area contributed by atoms with Gasteiger partial charge in [0, 0.05) is 17.3 Å². The van der Waals surface area contributed by atoms with E-state index >= 15 is 0 Å². The monoisotopic (exact) mass is 209 g/mol. The maximum absolute atomic E-state index is 5.26. The number of hydrogen-bond acceptors (Lipinski definition) is 5. The standard InChI is InChI=1S/C10H19N5/c1-5-10(3,4)14-8-7(2)6-12-9(13-8)15-11/h6H,5,11H2,1-4H3,(H2,12,13,14,15). The Morgan fingerprint density at radius 3 is 2.67 bits per heavy atom. The second kappa shape index (κ2) is 4.44. The van der Waals surface area contributed by atoms with Gasteiger partial charge in [-0.05, 0) is 27.2 Å². The fraction of sp³-hybridized carbons (Fsp3) is 0.600. The van der Waals surface area contributed by atoms with Gasteiger partial charge in [0.2, 0.25) is 5.95 Å². The van der Waals surface area contributed by atoms with E-state index in [1.165, 1.54) is 0 Å². The van der Waals surface area contributed by atoms with Crippen molar-refractivity contribution < 1.29 is 0 Å². The predicted molar refractivity (Wildman–Crippen MR) is 62.6 cm³/mol. The van der Waals surface area contributed by atoms with Gasteiger partial charge >= 0.3 is 0 Å². The molecule has 0 aliphatic rings. The highest BCUT2D eigenvalue weighted by Crippen LogP contribution is 2.19. The summed E-state index contributed by atoms with van der Waals surface area (Å²) in [6.45, 7) is 8.36. The zero-order valence-corrected chi connectivity index (χ0v) is 9.76. The van der Waals surface area contributed by atoms with Crippen molar-refractivity contribution in [3.63, 3.8) is 0 Å². The minimum absolute atomic E-state index is 0.0188. The Kier molecular flexibility index (Phi) is 3.47. The Labute approximate surface area is 90.5 Å². The number of anilines is 2. The van der Waals surface area contributed by atoms with E-state index in [-0.39, 0.29) is 5.54 Å². The Bertz CT molecular complexity index is 335. The van der Waals surface area contributed by atoms with Crippen LogP contribution in [0.3, 0.4) is 0 Å². The normalized spacial score (nSPS) is 11.3. The van der Waals surface area contributed by atoms with Crippen LogP contribution in [0.1, 0.15) is 32.8 Å². The third-order valence-electron chi connectivity index (χ3n) is 2.44. The molecule has 5 nitrogen and oxygen atoms in total. The molecule has 0 atom stereocenters. The molecule has 0 fully saturated rings. The minimum Gasteiger partial charge on any atom is -0.365 e. The molecule has 0 radical (unpaired) electrons. The van der Waals surface area contributed by atoms with Gasteiger partial charge < -0.3 is 5.32 Å². The molecular weight excluding hydrogens is 190 g/mol. The number of aryl methyl sites for hydroxylation is 1. The van der Waals surface area contributed by atoms with Crippen LogP contribution in [0, 0.1) is 6.92 Å². The smallest absolute Gasteiger partial charge is 0.239 e. The molecule has 0 unspecified atom stereocenters. The molecule has 0 bridgehead atoms. The van der Waals surface area contributed by atoms with Crippen molar-refractivity contribution in [2.75, 3.05) is 10.7 Å². The molecule has 0 aliphatic carbocycles. The van der Waals surface area contributed by atoms with Crippen molar-refractivity contribution in [2.24, 2.45) is 5.84 Å². The van der Waals surface area contributed by atoms with Crippen molar-refractivity contribution in [1.29, 1.82) is 0 Å². The van der Waals surface area contributed by atoms with E-state index < -0.39 is 0 Å². The molecule has 1 heterocycles. The highest BCUT2D eigenvalue weighted by Gasteiger charge is 2.16. The van der Waals surface area contributed by atoms with E-state index in [1.807, 2.05) is 6.92 Å². The summed E-state index contributed by atoms with van der Waals surface area (Å²) in [6, 6.07) is 0. The van der Waals surface area contributed by atoms with Gasteiger partial charge in [0.15, 0.2) is 0 Å². The van der Waals surface area contributed by atoms with E-state index in [0.29, 0.717) is 5.95 Å². The Balaban J connectivity index is 2.93. The van der Waals surface area contributed by atoms with Crippen molar-refractivity contribution in [2.45, 2.75) is 39.7 Å². The first-order valence-corrected chi connectivity index (χ1v) is 5.07. The molecule has 1 aromatic rings. The zero-order chi connectivity index (χ0) is 11.5. The number of nitrogens with zero attached hydrogens (tertiary/aromatic N) is 2. The summed E-state index contributed by atoms with van der Waals surface area (Å²) >= 11 is 0. The van der Waals surface area contributed by atoms with Gasteiger partial charge in [-0.25, -0.2) is 10.8 Å². The van der Waals surface area contributed by atoms with Crippen LogP contribution in [0.5, 0.6) is 0 Å². The number of nitrogens with one attached hydrogen (secondary N) is 2. The quantitative estimate of drug-likeness (QED) is 0.519. The van der Waals surface area contributed by atoms with Gasteiger partial charge in [-0.3, -0.25) is 5.43 Å². The van der Waals surface area contributed by atoms with E-state index in [4.69, 9.17) is 5.84 Å². The molecule has 1 rings (SSSR count). The molecule has 0 spiro atoms. The predicted octanol–water partition coefficient (Wildman–Crippen LogP) is 1.67. The van der Waals surface area contributed by atoms with Crippen molar-refractivity contribution in [1.82, 2.24) is 9.97 Å². The summed E-state index contributed by atoms with van der Waals surface area (Å²) < 4.78 is 0. The first-order chi connectivity index (χ1) is 6.98. The molecule has 5 heteroatoms. The molecule has 15 heavy (non-hydrogen) atoms. The van der Waals surface area contributed by atoms with Crippen LogP contribution in [-0.2, 0) is 0 Å². The summed E-state index contributed by atoms with van der Waals surface area (Å²) in [4.78, 5) is 8.29. The average Bonchev–Trinajstić information content (AvgIpc) is 2.21. The van der Waals surface area contributed by atoms with Gasteiger partial charge in [-0.1, -0.05) is 6.92 Å². The Morgan fingerprint density at radius 1 is 1.47 bits per heavy atom. The highest BCUT2D eigenvalue weighted by molar-refractivity contribution is 5.47. The van der Waals surface area contributed by atoms with Crippen LogP contribution in [0.25, 0.3) is 0 Å². The van der Waals surface area contributed by atoms with Gasteiger partial charge in [-0.2, -0.15) is 4.98 Å². The highest BCUT2D eigenvalue weighted by atomic mass is 15.3. The number of hydrazine groups is 1. The van der Waals surface area contributed by atoms with E-state index in [1.54, 1.807) is 6.20 Å². The first-order valence-electron chi connectivity index (χ1n) is 5.07. The molecular formula is C10H19N5. The molecule has 0 saturated carbocycles. The molecule has 0 aliphatic heterocycles. The fourth-order valence-corrected chi connectivity index (χ4v) is 1.05. The fourth-order valence-electron chi connectivity index (χ4n) is 1.05. The summed E-state index contributed by atoms with van der Waals surface area (Å²) in [6.07, 6.45) is 2.76. The lowest BCUT2D eigenvalue weighted by Gasteiger charge is -2.26. The summed E-state index contributed by atoms with van der Waals surface area (Å²) in [5.41, 5.74) is 3.46. The van der Waals surface area contributed by atoms with Gasteiger partial charge in [0.25, 0.3) is 0 Å². The lowest BCUT2D eigenvalue weighted by Crippen LogP contribution is -2.30. The number of hydrogen-bond donors (Lipinski definition) is 3.